The molecule has 0 N–H and O–H groups in total. The van der Waals surface area contributed by atoms with E-state index in [1.54, 1.807) is 54.5 Å². The molecule has 0 radical (unpaired) electrons. The smallest absolute Gasteiger partial charge is 0.0805 e. The lowest BCUT2D eigenvalue weighted by molar-refractivity contribution is 0.661. The van der Waals surface area contributed by atoms with E-state index >= 15 is 0 Å². The van der Waals surface area contributed by atoms with Crippen LogP contribution in [0, 0.1) is 0 Å². The second-order valence-corrected chi connectivity index (χ2v) is 23.9. The Morgan fingerprint density at radius 3 is 0.810 bits per heavy atom. The molecule has 0 heterocycles. The highest BCUT2D eigenvalue weighted by molar-refractivity contribution is 7.16. The van der Waals surface area contributed by atoms with Crippen molar-refractivity contribution in [3.8, 4) is 0 Å². The average molecular weight is 872 g/mol. The summed E-state index contributed by atoms with van der Waals surface area (Å²) in [6.07, 6.45) is 47.6. The molecule has 0 fully saturated rings. The maximum atomic E-state index is 2.81. The second-order valence-electron chi connectivity index (χ2n) is 20.1. The molecule has 1 aliphatic carbocycles. The Bertz CT molecular complexity index is 1490. The summed E-state index contributed by atoms with van der Waals surface area (Å²) < 4.78 is 0. The van der Waals surface area contributed by atoms with E-state index in [-0.39, 0.29) is 0 Å². The second kappa shape index (κ2) is 31.3. The summed E-state index contributed by atoms with van der Waals surface area (Å²) in [5.41, 5.74) is 11.3. The lowest BCUT2D eigenvalue weighted by atomic mass is 10.00. The van der Waals surface area contributed by atoms with E-state index < -0.39 is 8.07 Å². The van der Waals surface area contributed by atoms with Crippen molar-refractivity contribution < 1.29 is 0 Å². The Kier molecular flexibility index (Phi) is 26.3. The molecule has 0 saturated heterocycles. The average Bonchev–Trinajstić information content (AvgIpc) is 3.76. The van der Waals surface area contributed by atoms with Crippen molar-refractivity contribution in [3.63, 3.8) is 0 Å². The molecule has 3 aromatic carbocycles. The third-order valence-electron chi connectivity index (χ3n) is 14.4. The lowest BCUT2D eigenvalue weighted by Crippen LogP contribution is -2.69. The molecule has 3 aromatic rings. The normalized spacial score (nSPS) is 12.9. The molecule has 0 nitrogen and oxygen atoms in total. The predicted molar refractivity (Wildman–Crippen MR) is 287 cm³/mol. The van der Waals surface area contributed by atoms with E-state index in [2.05, 4.69) is 115 Å². The van der Waals surface area contributed by atoms with Gasteiger partial charge >= 0.3 is 0 Å². The zero-order valence-electron chi connectivity index (χ0n) is 42.7. The molecule has 1 heteroatoms. The van der Waals surface area contributed by atoms with E-state index in [1.807, 2.05) is 5.20 Å². The molecule has 0 unspecified atom stereocenters. The van der Waals surface area contributed by atoms with Crippen molar-refractivity contribution in [3.05, 3.63) is 111 Å². The number of unbranched alkanes of at least 4 members (excludes halogenated alkanes) is 18. The highest BCUT2D eigenvalue weighted by atomic mass is 28.3. The van der Waals surface area contributed by atoms with Gasteiger partial charge in [0.05, 0.1) is 0 Å². The van der Waals surface area contributed by atoms with Gasteiger partial charge in [0.15, 0.2) is 8.07 Å². The molecule has 0 atom stereocenters. The summed E-state index contributed by atoms with van der Waals surface area (Å²) in [6, 6.07) is 24.9. The van der Waals surface area contributed by atoms with Crippen LogP contribution in [-0.4, -0.2) is 8.07 Å². The lowest BCUT2D eigenvalue weighted by Gasteiger charge is -2.38. The zero-order valence-corrected chi connectivity index (χ0v) is 43.7. The van der Waals surface area contributed by atoms with Gasteiger partial charge in [0, 0.05) is 0 Å². The fourth-order valence-electron chi connectivity index (χ4n) is 10.8. The molecule has 0 spiro atoms. The van der Waals surface area contributed by atoms with Crippen LogP contribution in [0.1, 0.15) is 255 Å². The van der Waals surface area contributed by atoms with Crippen LogP contribution in [0.4, 0.5) is 0 Å². The van der Waals surface area contributed by atoms with Crippen molar-refractivity contribution in [2.75, 3.05) is 0 Å². The SMILES string of the molecule is CCCCCCc1cc(CCCCCC)cc([Si](C2=C(CCC)C=CC2)(c2cc(CCCCCC)cc(CCCCCC)c2)c2cc(CCCCCC)cc(CCCCCC)c2)c1. The highest BCUT2D eigenvalue weighted by Gasteiger charge is 2.45. The Balaban J connectivity index is 2.15. The number of benzene rings is 3. The number of hydrogen-bond donors (Lipinski definition) is 0. The van der Waals surface area contributed by atoms with Crippen LogP contribution in [-0.2, 0) is 38.5 Å². The molecule has 0 aromatic heterocycles. The summed E-state index contributed by atoms with van der Waals surface area (Å²) in [7, 11) is -2.79. The van der Waals surface area contributed by atoms with Crippen molar-refractivity contribution in [1.29, 1.82) is 0 Å². The molecule has 0 bridgehead atoms. The first kappa shape index (κ1) is 53.0. The van der Waals surface area contributed by atoms with Gasteiger partial charge in [0.25, 0.3) is 0 Å². The van der Waals surface area contributed by atoms with Crippen molar-refractivity contribution in [1.82, 2.24) is 0 Å². The fraction of sp³-hybridized carbons (Fsp3) is 0.645. The fourth-order valence-corrected chi connectivity index (χ4v) is 16.4. The van der Waals surface area contributed by atoms with Crippen LogP contribution in [0.15, 0.2) is 77.5 Å². The van der Waals surface area contributed by atoms with Crippen molar-refractivity contribution >= 4 is 23.6 Å². The summed E-state index contributed by atoms with van der Waals surface area (Å²) in [4.78, 5) is 0. The van der Waals surface area contributed by atoms with Crippen LogP contribution in [0.25, 0.3) is 0 Å². The number of hydrogen-bond acceptors (Lipinski definition) is 0. The van der Waals surface area contributed by atoms with E-state index in [9.17, 15) is 0 Å². The van der Waals surface area contributed by atoms with Crippen LogP contribution in [0.3, 0.4) is 0 Å². The third kappa shape index (κ3) is 17.3. The van der Waals surface area contributed by atoms with Crippen molar-refractivity contribution in [2.24, 2.45) is 0 Å². The van der Waals surface area contributed by atoms with Gasteiger partial charge in [-0.15, -0.1) is 0 Å². The van der Waals surface area contributed by atoms with Gasteiger partial charge < -0.3 is 0 Å². The van der Waals surface area contributed by atoms with Crippen LogP contribution in [0.5, 0.6) is 0 Å². The minimum atomic E-state index is -2.79. The standard InChI is InChI=1S/C62H98Si/c1-8-15-21-27-35-52-43-53(36-28-22-16-9-2)47-59(46-52)63(62-42-33-41-58(62)34-14-7,60-48-54(37-29-23-17-10-3)44-55(49-60)38-30-24-18-11-4)61-50-56(39-31-25-19-12-5)45-57(51-61)40-32-26-20-13-6/h33,41,43-51H,8-32,34-40,42H2,1-7H3. The molecule has 0 aliphatic heterocycles. The monoisotopic (exact) mass is 871 g/mol. The molecule has 4 rings (SSSR count). The minimum absolute atomic E-state index is 1.10. The van der Waals surface area contributed by atoms with Gasteiger partial charge in [-0.25, -0.2) is 0 Å². The molecular weight excluding hydrogens is 773 g/mol. The molecule has 350 valence electrons. The van der Waals surface area contributed by atoms with E-state index in [4.69, 9.17) is 0 Å². The molecule has 0 amide bonds. The third-order valence-corrected chi connectivity index (χ3v) is 19.3. The van der Waals surface area contributed by atoms with Crippen LogP contribution < -0.4 is 15.6 Å². The molecule has 1 aliphatic rings. The summed E-state index contributed by atoms with van der Waals surface area (Å²) >= 11 is 0. The van der Waals surface area contributed by atoms with Crippen molar-refractivity contribution in [2.45, 2.75) is 260 Å². The molecular formula is C62H98Si. The van der Waals surface area contributed by atoms with Gasteiger partial charge in [-0.2, -0.15) is 0 Å². The molecule has 63 heavy (non-hydrogen) atoms. The predicted octanol–water partition coefficient (Wildman–Crippen LogP) is 17.5. The summed E-state index contributed by atoms with van der Waals surface area (Å²) in [5.74, 6) is 0. The quantitative estimate of drug-likeness (QED) is 0.0310. The first-order valence-electron chi connectivity index (χ1n) is 27.8. The van der Waals surface area contributed by atoms with Gasteiger partial charge in [-0.3, -0.25) is 0 Å². The van der Waals surface area contributed by atoms with E-state index in [0.29, 0.717) is 0 Å². The van der Waals surface area contributed by atoms with Gasteiger partial charge in [0.2, 0.25) is 0 Å². The number of allylic oxidation sites excluding steroid dienone is 4. The first-order valence-corrected chi connectivity index (χ1v) is 29.8. The number of rotatable bonds is 36. The van der Waals surface area contributed by atoms with Crippen LogP contribution >= 0.6 is 0 Å². The maximum Gasteiger partial charge on any atom is 0.176 e. The Labute approximate surface area is 393 Å². The largest absolute Gasteiger partial charge is 0.176 e. The van der Waals surface area contributed by atoms with Gasteiger partial charge in [-0.05, 0) is 139 Å². The van der Waals surface area contributed by atoms with Gasteiger partial charge in [-0.1, -0.05) is 248 Å². The molecule has 0 saturated carbocycles. The number of aryl methyl sites for hydroxylation is 6. The van der Waals surface area contributed by atoms with Crippen LogP contribution in [0.2, 0.25) is 0 Å². The first-order chi connectivity index (χ1) is 31.0. The Hall–Kier alpha value is -2.64. The maximum absolute atomic E-state index is 2.81. The summed E-state index contributed by atoms with van der Waals surface area (Å²) in [6.45, 7) is 16.6. The van der Waals surface area contributed by atoms with E-state index in [1.165, 1.54) is 205 Å². The minimum Gasteiger partial charge on any atom is -0.0805 e. The van der Waals surface area contributed by atoms with E-state index in [0.717, 1.165) is 6.42 Å². The van der Waals surface area contributed by atoms with Gasteiger partial charge in [0.1, 0.15) is 0 Å². The topological polar surface area (TPSA) is 0 Å². The Morgan fingerprint density at radius 1 is 0.302 bits per heavy atom. The zero-order chi connectivity index (χ0) is 45.0. The summed E-state index contributed by atoms with van der Waals surface area (Å²) in [5, 5.41) is 6.92. The highest BCUT2D eigenvalue weighted by Crippen LogP contribution is 2.34. The Morgan fingerprint density at radius 2 is 0.571 bits per heavy atom.